The van der Waals surface area contributed by atoms with Crippen LogP contribution in [0.4, 0.5) is 0 Å². The van der Waals surface area contributed by atoms with Crippen molar-refractivity contribution in [1.82, 2.24) is 16.0 Å². The summed E-state index contributed by atoms with van der Waals surface area (Å²) in [5, 5.41) is 8.67. The first-order chi connectivity index (χ1) is 7.75. The molecule has 1 unspecified atom stereocenters. The van der Waals surface area contributed by atoms with E-state index in [-0.39, 0.29) is 24.4 Å². The number of hydrogen-bond donors (Lipinski definition) is 3. The molecule has 0 radical (unpaired) electrons. The third kappa shape index (κ3) is 2.95. The van der Waals surface area contributed by atoms with Crippen molar-refractivity contribution in [1.29, 1.82) is 0 Å². The predicted molar refractivity (Wildman–Crippen MR) is 59.8 cm³/mol. The topological polar surface area (TPSA) is 70.2 Å². The fraction of sp³-hybridized carbons (Fsp3) is 0.818. The molecule has 16 heavy (non-hydrogen) atoms. The van der Waals surface area contributed by atoms with Gasteiger partial charge in [0, 0.05) is 12.6 Å². The Bertz CT molecular complexity index is 264. The molecular formula is C11H19N3O2. The third-order valence-corrected chi connectivity index (χ3v) is 3.28. The molecular weight excluding hydrogens is 206 g/mol. The minimum Gasteiger partial charge on any atom is -0.353 e. The van der Waals surface area contributed by atoms with Crippen LogP contribution in [-0.2, 0) is 9.59 Å². The van der Waals surface area contributed by atoms with Crippen LogP contribution in [0.1, 0.15) is 32.1 Å². The highest BCUT2D eigenvalue weighted by Crippen LogP contribution is 2.17. The molecule has 90 valence electrons. The van der Waals surface area contributed by atoms with Gasteiger partial charge in [-0.15, -0.1) is 0 Å². The van der Waals surface area contributed by atoms with Crippen molar-refractivity contribution in [2.24, 2.45) is 0 Å². The van der Waals surface area contributed by atoms with E-state index in [0.717, 1.165) is 12.8 Å². The predicted octanol–water partition coefficient (Wildman–Crippen LogP) is -0.477. The van der Waals surface area contributed by atoms with Crippen molar-refractivity contribution in [3.8, 4) is 0 Å². The Morgan fingerprint density at radius 1 is 1.25 bits per heavy atom. The van der Waals surface area contributed by atoms with E-state index in [1.807, 2.05) is 0 Å². The second-order valence-electron chi connectivity index (χ2n) is 4.58. The fourth-order valence-electron chi connectivity index (χ4n) is 2.30. The largest absolute Gasteiger partial charge is 0.353 e. The molecule has 2 rings (SSSR count). The van der Waals surface area contributed by atoms with Gasteiger partial charge < -0.3 is 10.6 Å². The van der Waals surface area contributed by atoms with E-state index in [4.69, 9.17) is 0 Å². The Morgan fingerprint density at radius 2 is 2.00 bits per heavy atom. The monoisotopic (exact) mass is 225 g/mol. The van der Waals surface area contributed by atoms with Gasteiger partial charge in [-0.25, -0.2) is 0 Å². The fourth-order valence-corrected chi connectivity index (χ4v) is 2.30. The number of carbonyl (C=O) groups is 2. The van der Waals surface area contributed by atoms with Crippen LogP contribution in [0, 0.1) is 0 Å². The Labute approximate surface area is 95.3 Å². The quantitative estimate of drug-likeness (QED) is 0.594. The first-order valence-electron chi connectivity index (χ1n) is 6.06. The number of carbonyl (C=O) groups excluding carboxylic acids is 2. The third-order valence-electron chi connectivity index (χ3n) is 3.28. The molecule has 1 saturated heterocycles. The van der Waals surface area contributed by atoms with Crippen molar-refractivity contribution in [2.45, 2.75) is 44.2 Å². The van der Waals surface area contributed by atoms with E-state index in [9.17, 15) is 9.59 Å². The van der Waals surface area contributed by atoms with Crippen molar-refractivity contribution in [3.05, 3.63) is 0 Å². The average molecular weight is 225 g/mol. The van der Waals surface area contributed by atoms with Crippen molar-refractivity contribution in [2.75, 3.05) is 13.1 Å². The maximum Gasteiger partial charge on any atom is 0.239 e. The number of piperazine rings is 1. The molecule has 5 heteroatoms. The van der Waals surface area contributed by atoms with Gasteiger partial charge in [0.1, 0.15) is 6.04 Å². The van der Waals surface area contributed by atoms with E-state index in [2.05, 4.69) is 16.0 Å². The summed E-state index contributed by atoms with van der Waals surface area (Å²) in [5.74, 6) is -0.0198. The summed E-state index contributed by atoms with van der Waals surface area (Å²) in [4.78, 5) is 22.8. The van der Waals surface area contributed by atoms with Gasteiger partial charge in [0.15, 0.2) is 0 Å². The lowest BCUT2D eigenvalue weighted by Gasteiger charge is -2.28. The molecule has 0 aromatic rings. The number of rotatable bonds is 2. The minimum absolute atomic E-state index is 0.0203. The second-order valence-corrected chi connectivity index (χ2v) is 4.58. The van der Waals surface area contributed by atoms with Gasteiger partial charge in [-0.2, -0.15) is 0 Å². The van der Waals surface area contributed by atoms with E-state index in [1.165, 1.54) is 19.3 Å². The zero-order valence-corrected chi connectivity index (χ0v) is 9.42. The van der Waals surface area contributed by atoms with Crippen LogP contribution in [0.2, 0.25) is 0 Å². The summed E-state index contributed by atoms with van der Waals surface area (Å²) in [6.07, 6.45) is 5.87. The van der Waals surface area contributed by atoms with Gasteiger partial charge >= 0.3 is 0 Å². The lowest BCUT2D eigenvalue weighted by atomic mass is 9.95. The van der Waals surface area contributed by atoms with Gasteiger partial charge in [-0.3, -0.25) is 14.9 Å². The van der Waals surface area contributed by atoms with Crippen LogP contribution in [0.15, 0.2) is 0 Å². The summed E-state index contributed by atoms with van der Waals surface area (Å²) in [5.41, 5.74) is 0. The van der Waals surface area contributed by atoms with E-state index in [0.29, 0.717) is 12.6 Å². The van der Waals surface area contributed by atoms with Gasteiger partial charge in [0.25, 0.3) is 0 Å². The van der Waals surface area contributed by atoms with E-state index >= 15 is 0 Å². The Morgan fingerprint density at radius 3 is 2.62 bits per heavy atom. The lowest BCUT2D eigenvalue weighted by molar-refractivity contribution is -0.127. The van der Waals surface area contributed by atoms with Crippen molar-refractivity contribution >= 4 is 11.8 Å². The van der Waals surface area contributed by atoms with Crippen molar-refractivity contribution in [3.63, 3.8) is 0 Å². The molecule has 1 heterocycles. The first kappa shape index (κ1) is 11.4. The molecule has 5 nitrogen and oxygen atoms in total. The molecule has 1 aliphatic carbocycles. The van der Waals surface area contributed by atoms with Gasteiger partial charge in [0.05, 0.1) is 6.54 Å². The Hall–Kier alpha value is -1.10. The summed E-state index contributed by atoms with van der Waals surface area (Å²) in [6, 6.07) is 0.0697. The number of nitrogens with one attached hydrogen (secondary N) is 3. The van der Waals surface area contributed by atoms with E-state index in [1.54, 1.807) is 0 Å². The zero-order chi connectivity index (χ0) is 11.4. The average Bonchev–Trinajstić information content (AvgIpc) is 2.31. The summed E-state index contributed by atoms with van der Waals surface area (Å²) in [7, 11) is 0. The summed E-state index contributed by atoms with van der Waals surface area (Å²) in [6.45, 7) is 0.639. The van der Waals surface area contributed by atoms with Crippen LogP contribution in [0.3, 0.4) is 0 Å². The van der Waals surface area contributed by atoms with E-state index < -0.39 is 0 Å². The van der Waals surface area contributed by atoms with Crippen LogP contribution in [0.25, 0.3) is 0 Å². The molecule has 0 bridgehead atoms. The van der Waals surface area contributed by atoms with Crippen LogP contribution in [0.5, 0.6) is 0 Å². The zero-order valence-electron chi connectivity index (χ0n) is 9.42. The summed E-state index contributed by atoms with van der Waals surface area (Å²) < 4.78 is 0. The minimum atomic E-state index is -0.264. The maximum atomic E-state index is 11.8. The normalized spacial score (nSPS) is 27.2. The maximum absolute atomic E-state index is 11.8. The van der Waals surface area contributed by atoms with Gasteiger partial charge in [-0.05, 0) is 12.8 Å². The molecule has 2 fully saturated rings. The van der Waals surface area contributed by atoms with Crippen LogP contribution in [-0.4, -0.2) is 37.0 Å². The highest BCUT2D eigenvalue weighted by molar-refractivity contribution is 5.86. The smallest absolute Gasteiger partial charge is 0.239 e. The Balaban J connectivity index is 1.76. The molecule has 1 aliphatic heterocycles. The van der Waals surface area contributed by atoms with Gasteiger partial charge in [0.2, 0.25) is 11.8 Å². The van der Waals surface area contributed by atoms with Crippen molar-refractivity contribution < 1.29 is 9.59 Å². The first-order valence-corrected chi connectivity index (χ1v) is 6.06. The van der Waals surface area contributed by atoms with Crippen LogP contribution < -0.4 is 16.0 Å². The highest BCUT2D eigenvalue weighted by Gasteiger charge is 2.25. The number of amides is 2. The molecule has 1 saturated carbocycles. The molecule has 1 atom stereocenters. The Kier molecular flexibility index (Phi) is 3.77. The van der Waals surface area contributed by atoms with Gasteiger partial charge in [-0.1, -0.05) is 19.3 Å². The lowest BCUT2D eigenvalue weighted by Crippen LogP contribution is -2.59. The molecule has 3 N–H and O–H groups in total. The standard InChI is InChI=1S/C11H19N3O2/c15-10-7-12-9(6-13-10)11(16)14-8-4-2-1-3-5-8/h8-9,12H,1-7H2,(H,13,15)(H,14,16). The molecule has 0 spiro atoms. The molecule has 0 aromatic carbocycles. The summed E-state index contributed by atoms with van der Waals surface area (Å²) >= 11 is 0. The second kappa shape index (κ2) is 5.30. The molecule has 2 amide bonds. The molecule has 2 aliphatic rings. The molecule has 0 aromatic heterocycles. The highest BCUT2D eigenvalue weighted by atomic mass is 16.2. The SMILES string of the molecule is O=C1CNC(C(=O)NC2CCCCC2)CN1. The number of hydrogen-bond acceptors (Lipinski definition) is 3. The van der Waals surface area contributed by atoms with Crippen LogP contribution >= 0.6 is 0 Å².